The minimum Gasteiger partial charge on any atom is -0.462 e. The third-order valence-electron chi connectivity index (χ3n) is 10.5. The van der Waals surface area contributed by atoms with E-state index in [9.17, 15) is 14.4 Å². The van der Waals surface area contributed by atoms with Gasteiger partial charge >= 0.3 is 17.9 Å². The molecule has 370 valence electrons. The molecule has 0 aromatic rings. The Morgan fingerprint density at radius 2 is 0.682 bits per heavy atom. The van der Waals surface area contributed by atoms with E-state index in [1.54, 1.807) is 0 Å². The Labute approximate surface area is 405 Å². The minimum absolute atomic E-state index is 0.124. The first-order chi connectivity index (χ1) is 32.5. The van der Waals surface area contributed by atoms with Crippen molar-refractivity contribution in [1.29, 1.82) is 0 Å². The summed E-state index contributed by atoms with van der Waals surface area (Å²) in [4.78, 5) is 38.0. The van der Waals surface area contributed by atoms with E-state index in [-0.39, 0.29) is 44.0 Å². The normalized spacial score (nSPS) is 13.2. The topological polar surface area (TPSA) is 78.9 Å². The molecule has 0 aliphatic rings. The number of unbranched alkanes of at least 4 members (excludes halogenated alkanes) is 17. The van der Waals surface area contributed by atoms with Crippen LogP contribution in [-0.4, -0.2) is 37.2 Å². The summed E-state index contributed by atoms with van der Waals surface area (Å²) in [5, 5.41) is 0. The summed E-state index contributed by atoms with van der Waals surface area (Å²) in [6.07, 6.45) is 74.4. The lowest BCUT2D eigenvalue weighted by molar-refractivity contribution is -0.167. The van der Waals surface area contributed by atoms with E-state index >= 15 is 0 Å². The van der Waals surface area contributed by atoms with Crippen molar-refractivity contribution in [2.75, 3.05) is 13.2 Å². The first kappa shape index (κ1) is 61.5. The Hall–Kier alpha value is -4.45. The van der Waals surface area contributed by atoms with Gasteiger partial charge in [0.25, 0.3) is 0 Å². The second-order valence-electron chi connectivity index (χ2n) is 16.8. The molecular weight excluding hydrogens is 817 g/mol. The van der Waals surface area contributed by atoms with E-state index in [0.717, 1.165) is 96.3 Å². The van der Waals surface area contributed by atoms with Crippen molar-refractivity contribution >= 4 is 17.9 Å². The van der Waals surface area contributed by atoms with Gasteiger partial charge in [0.2, 0.25) is 0 Å². The quantitative estimate of drug-likeness (QED) is 0.0199. The molecule has 0 fully saturated rings. The Bertz CT molecular complexity index is 1460. The molecular formula is C60H94O6. The second-order valence-corrected chi connectivity index (χ2v) is 16.8. The average molecular weight is 911 g/mol. The minimum atomic E-state index is -0.832. The third-order valence-corrected chi connectivity index (χ3v) is 10.5. The summed E-state index contributed by atoms with van der Waals surface area (Å²) in [6, 6.07) is 0. The number of hydrogen-bond acceptors (Lipinski definition) is 6. The zero-order valence-corrected chi connectivity index (χ0v) is 42.1. The van der Waals surface area contributed by atoms with Crippen LogP contribution in [0.15, 0.2) is 134 Å². The van der Waals surface area contributed by atoms with Gasteiger partial charge in [-0.05, 0) is 96.3 Å². The molecule has 1 atom stereocenters. The predicted molar refractivity (Wildman–Crippen MR) is 283 cm³/mol. The first-order valence-corrected chi connectivity index (χ1v) is 26.3. The number of allylic oxidation sites excluding steroid dienone is 22. The fourth-order valence-corrected chi connectivity index (χ4v) is 6.63. The van der Waals surface area contributed by atoms with Crippen LogP contribution in [0.1, 0.15) is 207 Å². The molecule has 0 saturated heterocycles. The Balaban J connectivity index is 4.55. The molecule has 0 N–H and O–H groups in total. The summed E-state index contributed by atoms with van der Waals surface area (Å²) in [5.74, 6) is -1.05. The van der Waals surface area contributed by atoms with E-state index in [2.05, 4.69) is 99.8 Å². The highest BCUT2D eigenvalue weighted by Crippen LogP contribution is 2.12. The van der Waals surface area contributed by atoms with Crippen molar-refractivity contribution in [1.82, 2.24) is 0 Å². The van der Waals surface area contributed by atoms with E-state index < -0.39 is 6.10 Å². The van der Waals surface area contributed by atoms with Gasteiger partial charge in [0.1, 0.15) is 13.2 Å². The van der Waals surface area contributed by atoms with Gasteiger partial charge in [0.05, 0.1) is 0 Å². The lowest BCUT2D eigenvalue weighted by atomic mass is 10.1. The molecule has 0 aliphatic carbocycles. The highest BCUT2D eigenvalue weighted by molar-refractivity contribution is 5.71. The number of carbonyl (C=O) groups excluding carboxylic acids is 3. The van der Waals surface area contributed by atoms with Crippen LogP contribution in [0.25, 0.3) is 0 Å². The van der Waals surface area contributed by atoms with Gasteiger partial charge in [-0.2, -0.15) is 0 Å². The van der Waals surface area contributed by atoms with E-state index in [4.69, 9.17) is 14.2 Å². The SMILES string of the molecule is CC\C=C/C=C\C=C/C=C\C=C/CCCC(=O)OCC(COC(=O)CCCCCCCC/C=C\C/C=C\C/C=C\C/C=C\CC)OC(=O)CCCCC/C=C\C=C/CCCCCCCCC. The zero-order valence-electron chi connectivity index (χ0n) is 42.1. The molecule has 1 unspecified atom stereocenters. The molecule has 6 heteroatoms. The van der Waals surface area contributed by atoms with Crippen molar-refractivity contribution in [3.8, 4) is 0 Å². The summed E-state index contributed by atoms with van der Waals surface area (Å²) in [6.45, 7) is 6.26. The van der Waals surface area contributed by atoms with Gasteiger partial charge in [-0.15, -0.1) is 0 Å². The highest BCUT2D eigenvalue weighted by Gasteiger charge is 2.19. The first-order valence-electron chi connectivity index (χ1n) is 26.3. The van der Waals surface area contributed by atoms with Crippen molar-refractivity contribution in [2.45, 2.75) is 213 Å². The van der Waals surface area contributed by atoms with Crippen LogP contribution < -0.4 is 0 Å². The van der Waals surface area contributed by atoms with Gasteiger partial charge in [-0.3, -0.25) is 14.4 Å². The largest absolute Gasteiger partial charge is 0.462 e. The van der Waals surface area contributed by atoms with E-state index in [0.29, 0.717) is 19.3 Å². The number of ether oxygens (including phenoxy) is 3. The molecule has 0 aromatic carbocycles. The summed E-state index contributed by atoms with van der Waals surface area (Å²) in [7, 11) is 0. The van der Waals surface area contributed by atoms with Crippen LogP contribution in [0.3, 0.4) is 0 Å². The van der Waals surface area contributed by atoms with Crippen molar-refractivity contribution in [2.24, 2.45) is 0 Å². The molecule has 0 heterocycles. The maximum Gasteiger partial charge on any atom is 0.306 e. The van der Waals surface area contributed by atoms with Gasteiger partial charge in [0, 0.05) is 19.3 Å². The maximum atomic E-state index is 12.8. The van der Waals surface area contributed by atoms with Crippen LogP contribution in [0.5, 0.6) is 0 Å². The van der Waals surface area contributed by atoms with Crippen LogP contribution in [0, 0.1) is 0 Å². The summed E-state index contributed by atoms with van der Waals surface area (Å²) >= 11 is 0. The monoisotopic (exact) mass is 911 g/mol. The molecule has 0 amide bonds. The second kappa shape index (κ2) is 53.2. The zero-order chi connectivity index (χ0) is 47.9. The third kappa shape index (κ3) is 50.5. The molecule has 0 rings (SSSR count). The molecule has 0 spiro atoms. The highest BCUT2D eigenvalue weighted by atomic mass is 16.6. The average Bonchev–Trinajstić information content (AvgIpc) is 3.31. The summed E-state index contributed by atoms with van der Waals surface area (Å²) in [5.41, 5.74) is 0. The molecule has 0 saturated carbocycles. The smallest absolute Gasteiger partial charge is 0.306 e. The van der Waals surface area contributed by atoms with Gasteiger partial charge < -0.3 is 14.2 Å². The molecule has 0 aromatic heterocycles. The van der Waals surface area contributed by atoms with Crippen molar-refractivity contribution < 1.29 is 28.6 Å². The Morgan fingerprint density at radius 1 is 0.333 bits per heavy atom. The van der Waals surface area contributed by atoms with Crippen LogP contribution in [-0.2, 0) is 28.6 Å². The van der Waals surface area contributed by atoms with Crippen LogP contribution >= 0.6 is 0 Å². The molecule has 0 bridgehead atoms. The Kier molecular flexibility index (Phi) is 49.6. The maximum absolute atomic E-state index is 12.8. The number of esters is 3. The number of hydrogen-bond donors (Lipinski definition) is 0. The molecule has 0 aliphatic heterocycles. The fraction of sp³-hybridized carbons (Fsp3) is 0.583. The fourth-order valence-electron chi connectivity index (χ4n) is 6.63. The van der Waals surface area contributed by atoms with Gasteiger partial charge in [0.15, 0.2) is 6.10 Å². The molecule has 6 nitrogen and oxygen atoms in total. The van der Waals surface area contributed by atoms with Crippen LogP contribution in [0.4, 0.5) is 0 Å². The number of carbonyl (C=O) groups is 3. The van der Waals surface area contributed by atoms with Crippen LogP contribution in [0.2, 0.25) is 0 Å². The standard InChI is InChI=1S/C60H94O6/c1-4-7-10-13-16-19-22-25-27-29-30-31-33-35-38-41-44-47-50-53-59(62)65-56-57(55-64-58(61)52-49-46-43-40-37-34-24-21-18-15-12-9-6-3)66-60(63)54-51-48-45-42-39-36-32-28-26-23-20-17-14-11-8-5-2/h7,9-10,12,15-16,18-19,21,24-25,27-28,30-32,34,36-37,39-40,43,57H,4-6,8,11,13-14,17,20,22-23,26,29,33,35,38,41-42,44-56H2,1-3H3/b10-7-,12-9-,18-15-,19-16-,24-21-,27-25-,31-30-,32-28-,37-34-,39-36-,43-40-. The van der Waals surface area contributed by atoms with Gasteiger partial charge in [-0.25, -0.2) is 0 Å². The molecule has 0 radical (unpaired) electrons. The summed E-state index contributed by atoms with van der Waals surface area (Å²) < 4.78 is 16.7. The van der Waals surface area contributed by atoms with Gasteiger partial charge in [-0.1, -0.05) is 225 Å². The lowest BCUT2D eigenvalue weighted by Gasteiger charge is -2.18. The van der Waals surface area contributed by atoms with Crippen molar-refractivity contribution in [3.05, 3.63) is 134 Å². The van der Waals surface area contributed by atoms with E-state index in [1.165, 1.54) is 57.8 Å². The van der Waals surface area contributed by atoms with Crippen molar-refractivity contribution in [3.63, 3.8) is 0 Å². The predicted octanol–water partition coefficient (Wildman–Crippen LogP) is 17.5. The Morgan fingerprint density at radius 3 is 1.20 bits per heavy atom. The van der Waals surface area contributed by atoms with E-state index in [1.807, 2.05) is 54.7 Å². The lowest BCUT2D eigenvalue weighted by Crippen LogP contribution is -2.30. The number of rotatable bonds is 45. The molecule has 66 heavy (non-hydrogen) atoms.